The minimum atomic E-state index is 0.333. The normalized spacial score (nSPS) is 10.8. The van der Waals surface area contributed by atoms with Crippen LogP contribution in [-0.4, -0.2) is 10.1 Å². The lowest BCUT2D eigenvalue weighted by Crippen LogP contribution is -1.90. The maximum absolute atomic E-state index is 5.88. The van der Waals surface area contributed by atoms with E-state index >= 15 is 0 Å². The standard InChI is InChI=1S/C13H10ClN3O2/c1-7-4-5-18-11(7)12-16-13(19-17-12)9-3-2-8(14)6-10(9)15/h2-6H,15H2,1H3. The maximum Gasteiger partial charge on any atom is 0.260 e. The van der Waals surface area contributed by atoms with Gasteiger partial charge in [-0.05, 0) is 36.8 Å². The molecule has 2 aromatic heterocycles. The Kier molecular flexibility index (Phi) is 2.76. The molecule has 0 fully saturated rings. The van der Waals surface area contributed by atoms with Crippen LogP contribution < -0.4 is 5.73 Å². The van der Waals surface area contributed by atoms with Crippen LogP contribution in [-0.2, 0) is 0 Å². The van der Waals surface area contributed by atoms with Crippen LogP contribution in [0.2, 0.25) is 5.02 Å². The highest BCUT2D eigenvalue weighted by Gasteiger charge is 2.16. The van der Waals surface area contributed by atoms with E-state index in [-0.39, 0.29) is 0 Å². The van der Waals surface area contributed by atoms with Crippen LogP contribution >= 0.6 is 11.6 Å². The van der Waals surface area contributed by atoms with Crippen molar-refractivity contribution in [2.75, 3.05) is 5.73 Å². The number of nitrogens with two attached hydrogens (primary N) is 1. The summed E-state index contributed by atoms with van der Waals surface area (Å²) in [6, 6.07) is 6.93. The van der Waals surface area contributed by atoms with Crippen molar-refractivity contribution in [3.8, 4) is 23.0 Å². The summed E-state index contributed by atoms with van der Waals surface area (Å²) in [5.41, 5.74) is 7.95. The summed E-state index contributed by atoms with van der Waals surface area (Å²) in [6.07, 6.45) is 1.58. The van der Waals surface area contributed by atoms with Crippen molar-refractivity contribution in [2.24, 2.45) is 0 Å². The summed E-state index contributed by atoms with van der Waals surface area (Å²) >= 11 is 5.85. The number of furan rings is 1. The van der Waals surface area contributed by atoms with E-state index in [4.69, 9.17) is 26.3 Å². The lowest BCUT2D eigenvalue weighted by Gasteiger charge is -1.99. The molecule has 0 atom stereocenters. The van der Waals surface area contributed by atoms with Crippen LogP contribution in [0, 0.1) is 6.92 Å². The molecule has 0 unspecified atom stereocenters. The van der Waals surface area contributed by atoms with E-state index in [0.717, 1.165) is 5.56 Å². The van der Waals surface area contributed by atoms with Crippen molar-refractivity contribution in [1.82, 2.24) is 10.1 Å². The lowest BCUT2D eigenvalue weighted by molar-refractivity contribution is 0.429. The molecule has 1 aromatic carbocycles. The third-order valence-electron chi connectivity index (χ3n) is 2.74. The minimum absolute atomic E-state index is 0.333. The SMILES string of the molecule is Cc1ccoc1-c1noc(-c2ccc(Cl)cc2N)n1. The molecular weight excluding hydrogens is 266 g/mol. The van der Waals surface area contributed by atoms with Gasteiger partial charge in [-0.3, -0.25) is 0 Å². The fourth-order valence-corrected chi connectivity index (χ4v) is 1.94. The third kappa shape index (κ3) is 2.08. The second kappa shape index (κ2) is 4.44. The van der Waals surface area contributed by atoms with Crippen molar-refractivity contribution in [3.63, 3.8) is 0 Å². The Bertz CT molecular complexity index is 733. The van der Waals surface area contributed by atoms with Gasteiger partial charge in [0.25, 0.3) is 5.89 Å². The summed E-state index contributed by atoms with van der Waals surface area (Å²) in [4.78, 5) is 4.28. The number of hydrogen-bond donors (Lipinski definition) is 1. The summed E-state index contributed by atoms with van der Waals surface area (Å²) in [5.74, 6) is 1.31. The monoisotopic (exact) mass is 275 g/mol. The topological polar surface area (TPSA) is 78.1 Å². The molecule has 0 saturated heterocycles. The fraction of sp³-hybridized carbons (Fsp3) is 0.0769. The molecule has 2 heterocycles. The highest BCUT2D eigenvalue weighted by Crippen LogP contribution is 2.29. The van der Waals surface area contributed by atoms with E-state index in [2.05, 4.69) is 10.1 Å². The highest BCUT2D eigenvalue weighted by molar-refractivity contribution is 6.31. The molecule has 3 aromatic rings. The Balaban J connectivity index is 2.04. The predicted octanol–water partition coefficient (Wildman–Crippen LogP) is 3.54. The van der Waals surface area contributed by atoms with Crippen molar-refractivity contribution in [2.45, 2.75) is 6.92 Å². The van der Waals surface area contributed by atoms with E-state index in [9.17, 15) is 0 Å². The second-order valence-corrected chi connectivity index (χ2v) is 4.52. The molecule has 0 aliphatic heterocycles. The maximum atomic E-state index is 5.88. The molecule has 0 spiro atoms. The van der Waals surface area contributed by atoms with E-state index in [1.807, 2.05) is 13.0 Å². The molecule has 2 N–H and O–H groups in total. The Labute approximate surface area is 114 Å². The van der Waals surface area contributed by atoms with E-state index in [1.165, 1.54) is 0 Å². The van der Waals surface area contributed by atoms with Crippen molar-refractivity contribution in [1.29, 1.82) is 0 Å². The molecule has 0 aliphatic carbocycles. The first-order valence-electron chi connectivity index (χ1n) is 5.59. The average Bonchev–Trinajstić information content (AvgIpc) is 2.97. The van der Waals surface area contributed by atoms with E-state index in [0.29, 0.717) is 33.7 Å². The third-order valence-corrected chi connectivity index (χ3v) is 2.97. The molecule has 6 heteroatoms. The van der Waals surface area contributed by atoms with E-state index < -0.39 is 0 Å². The van der Waals surface area contributed by atoms with Gasteiger partial charge in [0.15, 0.2) is 5.76 Å². The summed E-state index contributed by atoms with van der Waals surface area (Å²) in [5, 5.41) is 4.45. The summed E-state index contributed by atoms with van der Waals surface area (Å²) < 4.78 is 10.5. The number of aryl methyl sites for hydroxylation is 1. The molecule has 96 valence electrons. The van der Waals surface area contributed by atoms with Gasteiger partial charge in [0.05, 0.1) is 11.8 Å². The van der Waals surface area contributed by atoms with Gasteiger partial charge in [-0.1, -0.05) is 16.8 Å². The highest BCUT2D eigenvalue weighted by atomic mass is 35.5. The van der Waals surface area contributed by atoms with Gasteiger partial charge in [-0.2, -0.15) is 4.98 Å². The molecule has 19 heavy (non-hydrogen) atoms. The van der Waals surface area contributed by atoms with Gasteiger partial charge in [0.1, 0.15) is 0 Å². The summed E-state index contributed by atoms with van der Waals surface area (Å²) in [7, 11) is 0. The van der Waals surface area contributed by atoms with Crippen LogP contribution in [0.5, 0.6) is 0 Å². The molecule has 0 saturated carbocycles. The van der Waals surface area contributed by atoms with Gasteiger partial charge in [-0.15, -0.1) is 0 Å². The van der Waals surface area contributed by atoms with Crippen LogP contribution in [0.3, 0.4) is 0 Å². The van der Waals surface area contributed by atoms with Crippen molar-refractivity contribution in [3.05, 3.63) is 41.1 Å². The smallest absolute Gasteiger partial charge is 0.260 e. The summed E-state index contributed by atoms with van der Waals surface area (Å²) in [6.45, 7) is 1.91. The molecule has 0 radical (unpaired) electrons. The minimum Gasteiger partial charge on any atom is -0.461 e. The molecular formula is C13H10ClN3O2. The number of nitrogens with zero attached hydrogens (tertiary/aromatic N) is 2. The first-order chi connectivity index (χ1) is 9.15. The van der Waals surface area contributed by atoms with Gasteiger partial charge in [0.2, 0.25) is 5.82 Å². The zero-order valence-corrected chi connectivity index (χ0v) is 10.8. The lowest BCUT2D eigenvalue weighted by atomic mass is 10.2. The Morgan fingerprint density at radius 1 is 1.26 bits per heavy atom. The largest absolute Gasteiger partial charge is 0.461 e. The zero-order valence-electron chi connectivity index (χ0n) is 10.1. The van der Waals surface area contributed by atoms with Crippen LogP contribution in [0.1, 0.15) is 5.56 Å². The van der Waals surface area contributed by atoms with Crippen LogP contribution in [0.25, 0.3) is 23.0 Å². The number of hydrogen-bond acceptors (Lipinski definition) is 5. The quantitative estimate of drug-likeness (QED) is 0.724. The van der Waals surface area contributed by atoms with E-state index in [1.54, 1.807) is 24.5 Å². The Morgan fingerprint density at radius 2 is 2.11 bits per heavy atom. The number of nitrogen functional groups attached to an aromatic ring is 1. The van der Waals surface area contributed by atoms with Gasteiger partial charge >= 0.3 is 0 Å². The second-order valence-electron chi connectivity index (χ2n) is 4.09. The number of anilines is 1. The molecule has 3 rings (SSSR count). The Hall–Kier alpha value is -2.27. The van der Waals surface area contributed by atoms with Gasteiger partial charge < -0.3 is 14.7 Å². The number of halogens is 1. The number of benzene rings is 1. The Morgan fingerprint density at radius 3 is 2.79 bits per heavy atom. The van der Waals surface area contributed by atoms with Crippen molar-refractivity contribution >= 4 is 17.3 Å². The van der Waals surface area contributed by atoms with Crippen molar-refractivity contribution < 1.29 is 8.94 Å². The first-order valence-corrected chi connectivity index (χ1v) is 5.96. The molecule has 0 amide bonds. The first kappa shape index (κ1) is 11.8. The molecule has 5 nitrogen and oxygen atoms in total. The van der Waals surface area contributed by atoms with Gasteiger partial charge in [-0.25, -0.2) is 0 Å². The van der Waals surface area contributed by atoms with Crippen LogP contribution in [0.4, 0.5) is 5.69 Å². The zero-order chi connectivity index (χ0) is 13.4. The van der Waals surface area contributed by atoms with Crippen LogP contribution in [0.15, 0.2) is 39.5 Å². The predicted molar refractivity (Wildman–Crippen MR) is 71.6 cm³/mol. The van der Waals surface area contributed by atoms with Gasteiger partial charge in [0, 0.05) is 10.7 Å². The molecule has 0 bridgehead atoms. The average molecular weight is 276 g/mol. The number of rotatable bonds is 2. The number of aromatic nitrogens is 2. The fourth-order valence-electron chi connectivity index (χ4n) is 1.76. The molecule has 0 aliphatic rings.